The van der Waals surface area contributed by atoms with Crippen LogP contribution in [0, 0.1) is 11.8 Å². The molecule has 0 saturated carbocycles. The highest BCUT2D eigenvalue weighted by Crippen LogP contribution is 2.21. The molecule has 0 aliphatic carbocycles. The first-order chi connectivity index (χ1) is 27.9. The summed E-state index contributed by atoms with van der Waals surface area (Å²) in [6.45, 7) is 15.1. The Hall–Kier alpha value is -2.04. The van der Waals surface area contributed by atoms with E-state index in [0.717, 1.165) is 95.9 Å². The summed E-state index contributed by atoms with van der Waals surface area (Å²) in [6.07, 6.45) is 37.9. The van der Waals surface area contributed by atoms with Gasteiger partial charge in [0.2, 0.25) is 0 Å². The number of ether oxygens (including phenoxy) is 2. The van der Waals surface area contributed by atoms with Crippen LogP contribution in [0.1, 0.15) is 214 Å². The van der Waals surface area contributed by atoms with E-state index in [-0.39, 0.29) is 6.01 Å². The second-order valence-electron chi connectivity index (χ2n) is 16.1. The fraction of sp³-hybridized carbons (Fsp3) is 0.915. The molecule has 1 rings (SSSR count). The molecule has 0 aliphatic heterocycles. The Morgan fingerprint density at radius 1 is 0.579 bits per heavy atom. The SMILES string of the molecule is CCCCC(CCCC)CCOC.CCCCCC(CCCCC)CCOC.Nc1nc(NCCCN(CCCCCCCC=O)CCCCCCCC=O)no1. The third kappa shape index (κ3) is 43.4. The molecule has 10 heteroatoms. The Morgan fingerprint density at radius 3 is 1.40 bits per heavy atom. The number of anilines is 2. The zero-order chi connectivity index (χ0) is 42.3. The summed E-state index contributed by atoms with van der Waals surface area (Å²) in [4.78, 5) is 27.2. The largest absolute Gasteiger partial charge is 0.385 e. The van der Waals surface area contributed by atoms with Crippen molar-refractivity contribution in [3.8, 4) is 0 Å². The van der Waals surface area contributed by atoms with Crippen molar-refractivity contribution in [2.45, 2.75) is 214 Å². The number of hydrogen-bond acceptors (Lipinski definition) is 10. The quantitative estimate of drug-likeness (QED) is 0.0486. The summed E-state index contributed by atoms with van der Waals surface area (Å²) >= 11 is 0. The van der Waals surface area contributed by atoms with Crippen molar-refractivity contribution in [1.29, 1.82) is 0 Å². The molecular formula is C47H95N5O5. The van der Waals surface area contributed by atoms with Gasteiger partial charge in [-0.3, -0.25) is 0 Å². The highest BCUT2D eigenvalue weighted by Gasteiger charge is 2.09. The van der Waals surface area contributed by atoms with E-state index in [2.05, 4.69) is 48.1 Å². The van der Waals surface area contributed by atoms with E-state index in [1.54, 1.807) is 7.11 Å². The standard InChI is InChI=1S/C21H39N5O3.C14H30O.C12H26O/c22-20-24-21(25-29-20)23-14-13-17-26(15-9-5-1-3-7-11-18-27)16-10-6-2-4-8-12-19-28;1-4-6-8-10-14(12-13-15-3)11-9-7-5-2;1-4-6-8-12(9-7-5-2)10-11-13-3/h18-19H,1-17H2,(H3,22,23,24,25);14H,4-13H2,1-3H3;12H,4-11H2,1-3H3. The van der Waals surface area contributed by atoms with Crippen molar-refractivity contribution < 1.29 is 23.6 Å². The Kier molecular flexibility index (Phi) is 48.4. The minimum Gasteiger partial charge on any atom is -0.385 e. The number of carbonyl (C=O) groups excluding carboxylic acids is 2. The van der Waals surface area contributed by atoms with Gasteiger partial charge < -0.3 is 39.5 Å². The summed E-state index contributed by atoms with van der Waals surface area (Å²) < 4.78 is 15.1. The van der Waals surface area contributed by atoms with E-state index in [1.807, 2.05) is 7.11 Å². The van der Waals surface area contributed by atoms with Crippen LogP contribution in [0.15, 0.2) is 4.52 Å². The lowest BCUT2D eigenvalue weighted by Crippen LogP contribution is -2.28. The van der Waals surface area contributed by atoms with Crippen LogP contribution in [-0.2, 0) is 19.1 Å². The highest BCUT2D eigenvalue weighted by molar-refractivity contribution is 5.49. The van der Waals surface area contributed by atoms with Crippen LogP contribution >= 0.6 is 0 Å². The zero-order valence-corrected chi connectivity index (χ0v) is 38.5. The van der Waals surface area contributed by atoms with Gasteiger partial charge in [-0.15, -0.1) is 0 Å². The monoisotopic (exact) mass is 810 g/mol. The Labute approximate surface area is 352 Å². The van der Waals surface area contributed by atoms with E-state index >= 15 is 0 Å². The van der Waals surface area contributed by atoms with Gasteiger partial charge >= 0.3 is 6.01 Å². The van der Waals surface area contributed by atoms with Gasteiger partial charge in [-0.05, 0) is 81.6 Å². The minimum absolute atomic E-state index is 0.0791. The lowest BCUT2D eigenvalue weighted by molar-refractivity contribution is -0.108. The first-order valence-corrected chi connectivity index (χ1v) is 23.9. The number of unbranched alkanes of at least 4 members (excludes halogenated alkanes) is 16. The van der Waals surface area contributed by atoms with E-state index in [9.17, 15) is 9.59 Å². The molecule has 1 aromatic heterocycles. The smallest absolute Gasteiger partial charge is 0.320 e. The van der Waals surface area contributed by atoms with Gasteiger partial charge in [0.15, 0.2) is 0 Å². The fourth-order valence-corrected chi connectivity index (χ4v) is 7.12. The van der Waals surface area contributed by atoms with Gasteiger partial charge in [-0.2, -0.15) is 4.98 Å². The molecule has 57 heavy (non-hydrogen) atoms. The molecule has 0 aliphatic rings. The molecule has 10 nitrogen and oxygen atoms in total. The average molecular weight is 810 g/mol. The molecule has 0 radical (unpaired) electrons. The lowest BCUT2D eigenvalue weighted by atomic mass is 9.92. The zero-order valence-electron chi connectivity index (χ0n) is 38.5. The Balaban J connectivity index is 0. The van der Waals surface area contributed by atoms with Crippen molar-refractivity contribution in [3.05, 3.63) is 0 Å². The van der Waals surface area contributed by atoms with Crippen molar-refractivity contribution in [1.82, 2.24) is 15.0 Å². The molecule has 0 fully saturated rings. The molecule has 3 N–H and O–H groups in total. The van der Waals surface area contributed by atoms with Crippen LogP contribution in [0.2, 0.25) is 0 Å². The predicted octanol–water partition coefficient (Wildman–Crippen LogP) is 12.7. The Morgan fingerprint density at radius 2 is 1.00 bits per heavy atom. The summed E-state index contributed by atoms with van der Waals surface area (Å²) in [7, 11) is 3.62. The number of methoxy groups -OCH3 is 2. The lowest BCUT2D eigenvalue weighted by Gasteiger charge is -2.22. The maximum Gasteiger partial charge on any atom is 0.320 e. The first kappa shape index (κ1) is 57.1. The third-order valence-corrected chi connectivity index (χ3v) is 10.8. The predicted molar refractivity (Wildman–Crippen MR) is 243 cm³/mol. The van der Waals surface area contributed by atoms with E-state index in [0.29, 0.717) is 18.8 Å². The number of nitrogens with one attached hydrogen (secondary N) is 1. The number of nitrogens with zero attached hydrogens (tertiary/aromatic N) is 3. The van der Waals surface area contributed by atoms with Gasteiger partial charge in [-0.1, -0.05) is 156 Å². The topological polar surface area (TPSA) is 133 Å². The normalized spacial score (nSPS) is 11.1. The molecule has 0 amide bonds. The van der Waals surface area contributed by atoms with Gasteiger partial charge in [0.1, 0.15) is 12.6 Å². The summed E-state index contributed by atoms with van der Waals surface area (Å²) in [5.41, 5.74) is 5.42. The van der Waals surface area contributed by atoms with Crippen molar-refractivity contribution in [2.24, 2.45) is 11.8 Å². The second-order valence-corrected chi connectivity index (χ2v) is 16.1. The summed E-state index contributed by atoms with van der Waals surface area (Å²) in [5, 5.41) is 6.87. The molecular weight excluding hydrogens is 715 g/mol. The number of carbonyl (C=O) groups is 2. The molecule has 0 bridgehead atoms. The minimum atomic E-state index is 0.0791. The van der Waals surface area contributed by atoms with Crippen LogP contribution in [-0.4, -0.2) is 81.2 Å². The average Bonchev–Trinajstić information content (AvgIpc) is 3.65. The van der Waals surface area contributed by atoms with Gasteiger partial charge in [0.25, 0.3) is 5.95 Å². The van der Waals surface area contributed by atoms with Crippen molar-refractivity contribution in [2.75, 3.05) is 64.7 Å². The number of nitrogen functional groups attached to an aromatic ring is 1. The maximum absolute atomic E-state index is 10.4. The van der Waals surface area contributed by atoms with Gasteiger partial charge in [0.05, 0.1) is 0 Å². The van der Waals surface area contributed by atoms with E-state index in [4.69, 9.17) is 19.7 Å². The summed E-state index contributed by atoms with van der Waals surface area (Å²) in [6, 6.07) is 0.0791. The van der Waals surface area contributed by atoms with Crippen LogP contribution in [0.5, 0.6) is 0 Å². The molecule has 0 aromatic carbocycles. The highest BCUT2D eigenvalue weighted by atomic mass is 16.5. The van der Waals surface area contributed by atoms with Gasteiger partial charge in [-0.25, -0.2) is 0 Å². The third-order valence-electron chi connectivity index (χ3n) is 10.8. The van der Waals surface area contributed by atoms with Crippen LogP contribution in [0.25, 0.3) is 0 Å². The van der Waals surface area contributed by atoms with Crippen molar-refractivity contribution in [3.63, 3.8) is 0 Å². The van der Waals surface area contributed by atoms with Crippen molar-refractivity contribution >= 4 is 24.5 Å². The maximum atomic E-state index is 10.4. The number of hydrogen-bond donors (Lipinski definition) is 2. The van der Waals surface area contributed by atoms with E-state index in [1.165, 1.54) is 141 Å². The number of aromatic nitrogens is 2. The van der Waals surface area contributed by atoms with E-state index < -0.39 is 0 Å². The summed E-state index contributed by atoms with van der Waals surface area (Å²) in [5.74, 6) is 2.28. The molecule has 338 valence electrons. The van der Waals surface area contributed by atoms with Crippen LogP contribution in [0.3, 0.4) is 0 Å². The fourth-order valence-electron chi connectivity index (χ4n) is 7.12. The number of nitrogens with two attached hydrogens (primary N) is 1. The molecule has 1 aromatic rings. The molecule has 0 spiro atoms. The molecule has 1 heterocycles. The second kappa shape index (κ2) is 48.3. The van der Waals surface area contributed by atoms with Gasteiger partial charge in [0, 0.05) is 46.8 Å². The van der Waals surface area contributed by atoms with Crippen LogP contribution in [0.4, 0.5) is 12.0 Å². The molecule has 0 atom stereocenters. The molecule has 0 unspecified atom stereocenters. The molecule has 0 saturated heterocycles. The van der Waals surface area contributed by atoms with Crippen LogP contribution < -0.4 is 11.1 Å². The first-order valence-electron chi connectivity index (χ1n) is 23.9. The number of aldehydes is 2. The Bertz CT molecular complexity index is 870. The number of rotatable bonds is 41.